The lowest BCUT2D eigenvalue weighted by molar-refractivity contribution is 0.305. The molecule has 0 aromatic heterocycles. The third-order valence-corrected chi connectivity index (χ3v) is 2.55. The molecule has 82 valence electrons. The number of anilines is 2. The van der Waals surface area contributed by atoms with Gasteiger partial charge in [0.1, 0.15) is 0 Å². The highest BCUT2D eigenvalue weighted by molar-refractivity contribution is 5.71. The van der Waals surface area contributed by atoms with Gasteiger partial charge in [0, 0.05) is 21.1 Å². The van der Waals surface area contributed by atoms with Crippen molar-refractivity contribution in [2.75, 3.05) is 31.4 Å². The van der Waals surface area contributed by atoms with Crippen molar-refractivity contribution in [2.45, 2.75) is 18.9 Å². The summed E-state index contributed by atoms with van der Waals surface area (Å²) in [5, 5.41) is 3.17. The minimum Gasteiger partial charge on any atom is -0.486 e. The Kier molecular flexibility index (Phi) is 2.71. The molecule has 0 saturated heterocycles. The van der Waals surface area contributed by atoms with Gasteiger partial charge in [-0.1, -0.05) is 6.07 Å². The van der Waals surface area contributed by atoms with Crippen LogP contribution >= 0.6 is 0 Å². The van der Waals surface area contributed by atoms with Gasteiger partial charge in [0.15, 0.2) is 5.75 Å². The summed E-state index contributed by atoms with van der Waals surface area (Å²) in [7, 11) is 6.00. The van der Waals surface area contributed by atoms with Crippen LogP contribution in [0, 0.1) is 0 Å². The van der Waals surface area contributed by atoms with Gasteiger partial charge in [-0.3, -0.25) is 0 Å². The summed E-state index contributed by atoms with van der Waals surface area (Å²) < 4.78 is 5.94. The van der Waals surface area contributed by atoms with Crippen molar-refractivity contribution < 1.29 is 4.74 Å². The molecule has 1 aliphatic rings. The standard InChI is InChI=1S/C12H18N2O/c1-13-10-5-4-6-11(14(2)3)12(10)15-9-7-8-9/h4-6,9,13H,7-8H2,1-3H3. The van der Waals surface area contributed by atoms with E-state index in [-0.39, 0.29) is 0 Å². The Balaban J connectivity index is 2.34. The zero-order chi connectivity index (χ0) is 10.8. The first kappa shape index (κ1) is 10.1. The van der Waals surface area contributed by atoms with E-state index in [0.29, 0.717) is 6.10 Å². The Labute approximate surface area is 91.0 Å². The molecule has 0 unspecified atom stereocenters. The molecule has 2 rings (SSSR count). The average Bonchev–Trinajstić information content (AvgIpc) is 3.01. The molecule has 1 aliphatic carbocycles. The Morgan fingerprint density at radius 1 is 1.33 bits per heavy atom. The predicted molar refractivity (Wildman–Crippen MR) is 64.0 cm³/mol. The summed E-state index contributed by atoms with van der Waals surface area (Å²) in [5.74, 6) is 0.979. The summed E-state index contributed by atoms with van der Waals surface area (Å²) in [6.07, 6.45) is 2.80. The Bertz CT molecular complexity index is 345. The molecule has 3 heteroatoms. The van der Waals surface area contributed by atoms with E-state index < -0.39 is 0 Å². The first-order valence-electron chi connectivity index (χ1n) is 5.37. The van der Waals surface area contributed by atoms with Gasteiger partial charge in [0.2, 0.25) is 0 Å². The molecule has 1 fully saturated rings. The largest absolute Gasteiger partial charge is 0.486 e. The second-order valence-electron chi connectivity index (χ2n) is 4.12. The van der Waals surface area contributed by atoms with Crippen LogP contribution in [0.25, 0.3) is 0 Å². The predicted octanol–water partition coefficient (Wildman–Crippen LogP) is 2.34. The second-order valence-corrected chi connectivity index (χ2v) is 4.12. The Hall–Kier alpha value is -1.38. The van der Waals surface area contributed by atoms with E-state index in [0.717, 1.165) is 17.1 Å². The fraction of sp³-hybridized carbons (Fsp3) is 0.500. The van der Waals surface area contributed by atoms with E-state index in [1.807, 2.05) is 33.3 Å². The SMILES string of the molecule is CNc1cccc(N(C)C)c1OC1CC1. The van der Waals surface area contributed by atoms with E-state index in [1.165, 1.54) is 12.8 Å². The smallest absolute Gasteiger partial charge is 0.166 e. The van der Waals surface area contributed by atoms with Crippen LogP contribution in [0.15, 0.2) is 18.2 Å². The molecule has 0 radical (unpaired) electrons. The summed E-state index contributed by atoms with van der Waals surface area (Å²) in [6.45, 7) is 0. The third kappa shape index (κ3) is 2.17. The number of para-hydroxylation sites is 1. The van der Waals surface area contributed by atoms with Crippen molar-refractivity contribution in [1.82, 2.24) is 0 Å². The highest BCUT2D eigenvalue weighted by atomic mass is 16.5. The van der Waals surface area contributed by atoms with Crippen LogP contribution in [-0.2, 0) is 0 Å². The minimum absolute atomic E-state index is 0.429. The summed E-state index contributed by atoms with van der Waals surface area (Å²) in [6, 6.07) is 6.17. The maximum atomic E-state index is 5.94. The van der Waals surface area contributed by atoms with Crippen LogP contribution in [0.3, 0.4) is 0 Å². The fourth-order valence-electron chi connectivity index (χ4n) is 1.55. The molecule has 3 nitrogen and oxygen atoms in total. The van der Waals surface area contributed by atoms with Crippen LogP contribution in [0.5, 0.6) is 5.75 Å². The fourth-order valence-corrected chi connectivity index (χ4v) is 1.55. The lowest BCUT2D eigenvalue weighted by Crippen LogP contribution is -2.12. The highest BCUT2D eigenvalue weighted by Crippen LogP contribution is 2.38. The van der Waals surface area contributed by atoms with Gasteiger partial charge >= 0.3 is 0 Å². The molecular formula is C12H18N2O. The number of nitrogens with zero attached hydrogens (tertiary/aromatic N) is 1. The molecule has 1 saturated carbocycles. The molecule has 0 bridgehead atoms. The third-order valence-electron chi connectivity index (χ3n) is 2.55. The molecule has 1 aromatic carbocycles. The zero-order valence-electron chi connectivity index (χ0n) is 9.58. The second kappa shape index (κ2) is 4.01. The first-order valence-corrected chi connectivity index (χ1v) is 5.37. The topological polar surface area (TPSA) is 24.5 Å². The van der Waals surface area contributed by atoms with Gasteiger partial charge in [-0.25, -0.2) is 0 Å². The molecule has 0 spiro atoms. The van der Waals surface area contributed by atoms with E-state index >= 15 is 0 Å². The van der Waals surface area contributed by atoms with Crippen molar-refractivity contribution in [3.8, 4) is 5.75 Å². The van der Waals surface area contributed by atoms with Crippen molar-refractivity contribution in [2.24, 2.45) is 0 Å². The summed E-state index contributed by atoms with van der Waals surface area (Å²) >= 11 is 0. The van der Waals surface area contributed by atoms with Crippen LogP contribution in [0.1, 0.15) is 12.8 Å². The number of benzene rings is 1. The van der Waals surface area contributed by atoms with E-state index in [9.17, 15) is 0 Å². The van der Waals surface area contributed by atoms with Gasteiger partial charge in [-0.05, 0) is 25.0 Å². The quantitative estimate of drug-likeness (QED) is 0.818. The van der Waals surface area contributed by atoms with Crippen molar-refractivity contribution in [1.29, 1.82) is 0 Å². The van der Waals surface area contributed by atoms with Crippen molar-refractivity contribution >= 4 is 11.4 Å². The van der Waals surface area contributed by atoms with Gasteiger partial charge < -0.3 is 15.0 Å². The Morgan fingerprint density at radius 2 is 2.07 bits per heavy atom. The van der Waals surface area contributed by atoms with Gasteiger partial charge in [-0.15, -0.1) is 0 Å². The van der Waals surface area contributed by atoms with Crippen LogP contribution in [0.2, 0.25) is 0 Å². The highest BCUT2D eigenvalue weighted by Gasteiger charge is 2.26. The van der Waals surface area contributed by atoms with Crippen molar-refractivity contribution in [3.63, 3.8) is 0 Å². The van der Waals surface area contributed by atoms with E-state index in [4.69, 9.17) is 4.74 Å². The molecule has 0 heterocycles. The number of hydrogen-bond donors (Lipinski definition) is 1. The van der Waals surface area contributed by atoms with Crippen LogP contribution in [0.4, 0.5) is 11.4 Å². The van der Waals surface area contributed by atoms with Crippen molar-refractivity contribution in [3.05, 3.63) is 18.2 Å². The van der Waals surface area contributed by atoms with E-state index in [1.54, 1.807) is 0 Å². The molecule has 15 heavy (non-hydrogen) atoms. The molecular weight excluding hydrogens is 188 g/mol. The summed E-state index contributed by atoms with van der Waals surface area (Å²) in [4.78, 5) is 2.08. The number of rotatable bonds is 4. The molecule has 1 N–H and O–H groups in total. The molecule has 0 amide bonds. The first-order chi connectivity index (χ1) is 7.22. The lowest BCUT2D eigenvalue weighted by Gasteiger charge is -2.20. The van der Waals surface area contributed by atoms with Crippen LogP contribution < -0.4 is 15.0 Å². The monoisotopic (exact) mass is 206 g/mol. The normalized spacial score (nSPS) is 14.9. The zero-order valence-corrected chi connectivity index (χ0v) is 9.58. The van der Waals surface area contributed by atoms with Gasteiger partial charge in [0.25, 0.3) is 0 Å². The number of nitrogens with one attached hydrogen (secondary N) is 1. The minimum atomic E-state index is 0.429. The van der Waals surface area contributed by atoms with Gasteiger partial charge in [0.05, 0.1) is 17.5 Å². The number of ether oxygens (including phenoxy) is 1. The maximum Gasteiger partial charge on any atom is 0.166 e. The molecule has 0 aliphatic heterocycles. The Morgan fingerprint density at radius 3 is 2.60 bits per heavy atom. The summed E-state index contributed by atoms with van der Waals surface area (Å²) in [5.41, 5.74) is 2.20. The van der Waals surface area contributed by atoms with Gasteiger partial charge in [-0.2, -0.15) is 0 Å². The lowest BCUT2D eigenvalue weighted by atomic mass is 10.2. The molecule has 1 aromatic rings. The maximum absolute atomic E-state index is 5.94. The average molecular weight is 206 g/mol. The number of hydrogen-bond acceptors (Lipinski definition) is 3. The molecule has 0 atom stereocenters. The van der Waals surface area contributed by atoms with E-state index in [2.05, 4.69) is 16.3 Å². The van der Waals surface area contributed by atoms with Crippen LogP contribution in [-0.4, -0.2) is 27.2 Å².